The van der Waals surface area contributed by atoms with Crippen molar-refractivity contribution < 1.29 is 19.1 Å². The molecule has 0 aliphatic carbocycles. The lowest BCUT2D eigenvalue weighted by Crippen LogP contribution is -2.45. The predicted molar refractivity (Wildman–Crippen MR) is 73.8 cm³/mol. The van der Waals surface area contributed by atoms with Gasteiger partial charge in [-0.2, -0.15) is 0 Å². The van der Waals surface area contributed by atoms with Crippen molar-refractivity contribution in [2.24, 2.45) is 0 Å². The van der Waals surface area contributed by atoms with Crippen LogP contribution in [0, 0.1) is 6.92 Å². The molecule has 0 radical (unpaired) electrons. The molecule has 0 spiro atoms. The summed E-state index contributed by atoms with van der Waals surface area (Å²) < 4.78 is 10.0. The number of esters is 1. The van der Waals surface area contributed by atoms with Crippen molar-refractivity contribution in [3.8, 4) is 0 Å². The van der Waals surface area contributed by atoms with Crippen LogP contribution in [0.4, 0.5) is 5.69 Å². The number of aryl methyl sites for hydroxylation is 1. The molecule has 0 aromatic heterocycles. The highest BCUT2D eigenvalue weighted by atomic mass is 16.5. The van der Waals surface area contributed by atoms with E-state index >= 15 is 0 Å². The van der Waals surface area contributed by atoms with Gasteiger partial charge in [0.05, 0.1) is 19.3 Å². The van der Waals surface area contributed by atoms with Crippen LogP contribution in [0.3, 0.4) is 0 Å². The highest BCUT2D eigenvalue weighted by Gasteiger charge is 2.22. The molecule has 20 heavy (non-hydrogen) atoms. The van der Waals surface area contributed by atoms with E-state index in [1.807, 2.05) is 6.92 Å². The van der Waals surface area contributed by atoms with Gasteiger partial charge in [-0.1, -0.05) is 0 Å². The summed E-state index contributed by atoms with van der Waals surface area (Å²) in [6.07, 6.45) is -0.483. The molecular weight excluding hydrogens is 260 g/mol. The van der Waals surface area contributed by atoms with E-state index in [0.717, 1.165) is 12.1 Å². The van der Waals surface area contributed by atoms with Crippen molar-refractivity contribution in [3.05, 3.63) is 29.3 Å². The molecule has 2 N–H and O–H groups in total. The summed E-state index contributed by atoms with van der Waals surface area (Å²) >= 11 is 0. The van der Waals surface area contributed by atoms with Gasteiger partial charge in [0.15, 0.2) is 0 Å². The molecular formula is C14H18N2O4. The number of rotatable bonds is 3. The molecule has 1 aromatic rings. The molecule has 1 aliphatic heterocycles. The number of nitrogens with one attached hydrogen (secondary N) is 2. The fourth-order valence-corrected chi connectivity index (χ4v) is 2.00. The minimum absolute atomic E-state index is 0.189. The maximum absolute atomic E-state index is 12.0. The fourth-order valence-electron chi connectivity index (χ4n) is 2.00. The van der Waals surface area contributed by atoms with Gasteiger partial charge < -0.3 is 20.1 Å². The molecule has 1 aromatic carbocycles. The Morgan fingerprint density at radius 1 is 1.45 bits per heavy atom. The molecule has 2 rings (SSSR count). The minimum atomic E-state index is -0.483. The lowest BCUT2D eigenvalue weighted by molar-refractivity contribution is -0.128. The maximum Gasteiger partial charge on any atom is 0.337 e. The molecule has 0 bridgehead atoms. The average Bonchev–Trinajstić information content (AvgIpc) is 2.49. The topological polar surface area (TPSA) is 76.7 Å². The number of hydrogen-bond acceptors (Lipinski definition) is 5. The number of carbonyl (C=O) groups excluding carboxylic acids is 2. The lowest BCUT2D eigenvalue weighted by Gasteiger charge is -2.23. The van der Waals surface area contributed by atoms with E-state index in [-0.39, 0.29) is 5.91 Å². The zero-order chi connectivity index (χ0) is 14.5. The summed E-state index contributed by atoms with van der Waals surface area (Å²) in [4.78, 5) is 23.4. The van der Waals surface area contributed by atoms with Gasteiger partial charge >= 0.3 is 5.97 Å². The van der Waals surface area contributed by atoms with Crippen molar-refractivity contribution >= 4 is 17.6 Å². The molecule has 6 heteroatoms. The Balaban J connectivity index is 2.05. The highest BCUT2D eigenvalue weighted by molar-refractivity contribution is 5.96. The second-order valence-electron chi connectivity index (χ2n) is 4.57. The van der Waals surface area contributed by atoms with E-state index in [9.17, 15) is 9.59 Å². The van der Waals surface area contributed by atoms with Crippen molar-refractivity contribution in [3.63, 3.8) is 0 Å². The minimum Gasteiger partial charge on any atom is -0.465 e. The summed E-state index contributed by atoms with van der Waals surface area (Å²) in [6, 6.07) is 4.99. The van der Waals surface area contributed by atoms with Gasteiger partial charge in [-0.3, -0.25) is 4.79 Å². The normalized spacial score (nSPS) is 18.4. The first-order valence-corrected chi connectivity index (χ1v) is 6.44. The number of methoxy groups -OCH3 is 1. The first kappa shape index (κ1) is 14.5. The Kier molecular flexibility index (Phi) is 4.70. The summed E-state index contributed by atoms with van der Waals surface area (Å²) in [5, 5.41) is 5.91. The summed E-state index contributed by atoms with van der Waals surface area (Å²) in [6.45, 7) is 3.61. The molecule has 1 saturated heterocycles. The van der Waals surface area contributed by atoms with E-state index in [1.54, 1.807) is 18.2 Å². The quantitative estimate of drug-likeness (QED) is 0.796. The molecule has 1 atom stereocenters. The first-order valence-electron chi connectivity index (χ1n) is 6.44. The number of morpholine rings is 1. The van der Waals surface area contributed by atoms with Gasteiger partial charge in [-0.25, -0.2) is 4.79 Å². The van der Waals surface area contributed by atoms with Crippen LogP contribution in [0.2, 0.25) is 0 Å². The molecule has 6 nitrogen and oxygen atoms in total. The van der Waals surface area contributed by atoms with E-state index in [0.29, 0.717) is 24.4 Å². The van der Waals surface area contributed by atoms with Crippen LogP contribution in [-0.2, 0) is 14.3 Å². The van der Waals surface area contributed by atoms with Crippen molar-refractivity contribution in [2.45, 2.75) is 13.0 Å². The fraction of sp³-hybridized carbons (Fsp3) is 0.429. The zero-order valence-electron chi connectivity index (χ0n) is 11.6. The highest BCUT2D eigenvalue weighted by Crippen LogP contribution is 2.17. The van der Waals surface area contributed by atoms with Gasteiger partial charge in [-0.15, -0.1) is 0 Å². The second-order valence-corrected chi connectivity index (χ2v) is 4.57. The Bertz CT molecular complexity index is 510. The van der Waals surface area contributed by atoms with Gasteiger partial charge in [0.1, 0.15) is 6.10 Å². The van der Waals surface area contributed by atoms with Crippen LogP contribution >= 0.6 is 0 Å². The van der Waals surface area contributed by atoms with Crippen LogP contribution in [0.15, 0.2) is 18.2 Å². The molecule has 0 saturated carbocycles. The summed E-state index contributed by atoms with van der Waals surface area (Å²) in [7, 11) is 1.33. The third kappa shape index (κ3) is 3.34. The monoisotopic (exact) mass is 278 g/mol. The zero-order valence-corrected chi connectivity index (χ0v) is 11.6. The van der Waals surface area contributed by atoms with Gasteiger partial charge in [-0.05, 0) is 30.7 Å². The largest absolute Gasteiger partial charge is 0.465 e. The standard InChI is InChI=1S/C14H18N2O4/c1-9-7-10(14(18)19-2)3-4-11(9)16-13(17)12-8-15-5-6-20-12/h3-4,7,12,15H,5-6,8H2,1-2H3,(H,16,17). The van der Waals surface area contributed by atoms with Crippen molar-refractivity contribution in [2.75, 3.05) is 32.1 Å². The third-order valence-electron chi connectivity index (χ3n) is 3.13. The van der Waals surface area contributed by atoms with E-state index in [1.165, 1.54) is 7.11 Å². The molecule has 1 heterocycles. The Morgan fingerprint density at radius 2 is 2.25 bits per heavy atom. The number of amides is 1. The molecule has 1 aliphatic rings. The average molecular weight is 278 g/mol. The first-order chi connectivity index (χ1) is 9.61. The Morgan fingerprint density at radius 3 is 2.85 bits per heavy atom. The molecule has 108 valence electrons. The van der Waals surface area contributed by atoms with E-state index in [2.05, 4.69) is 15.4 Å². The van der Waals surface area contributed by atoms with E-state index < -0.39 is 12.1 Å². The van der Waals surface area contributed by atoms with Crippen LogP contribution in [0.5, 0.6) is 0 Å². The van der Waals surface area contributed by atoms with Crippen LogP contribution in [-0.4, -0.2) is 44.8 Å². The van der Waals surface area contributed by atoms with Crippen LogP contribution in [0.1, 0.15) is 15.9 Å². The molecule has 1 unspecified atom stereocenters. The molecule has 1 fully saturated rings. The maximum atomic E-state index is 12.0. The van der Waals surface area contributed by atoms with Gasteiger partial charge in [0, 0.05) is 18.8 Å². The van der Waals surface area contributed by atoms with Crippen molar-refractivity contribution in [1.82, 2.24) is 5.32 Å². The third-order valence-corrected chi connectivity index (χ3v) is 3.13. The molecule has 1 amide bonds. The summed E-state index contributed by atoms with van der Waals surface area (Å²) in [5.74, 6) is -0.586. The smallest absolute Gasteiger partial charge is 0.337 e. The second kappa shape index (κ2) is 6.49. The number of carbonyl (C=O) groups is 2. The number of anilines is 1. The predicted octanol–water partition coefficient (Wildman–Crippen LogP) is 0.709. The summed E-state index contributed by atoms with van der Waals surface area (Å²) in [5.41, 5.74) is 1.92. The number of benzene rings is 1. The van der Waals surface area contributed by atoms with Crippen LogP contribution < -0.4 is 10.6 Å². The number of hydrogen-bond donors (Lipinski definition) is 2. The van der Waals surface area contributed by atoms with Crippen LogP contribution in [0.25, 0.3) is 0 Å². The number of ether oxygens (including phenoxy) is 2. The van der Waals surface area contributed by atoms with E-state index in [4.69, 9.17) is 4.74 Å². The van der Waals surface area contributed by atoms with Crippen molar-refractivity contribution in [1.29, 1.82) is 0 Å². The van der Waals surface area contributed by atoms with Gasteiger partial charge in [0.25, 0.3) is 5.91 Å². The SMILES string of the molecule is COC(=O)c1ccc(NC(=O)C2CNCCO2)c(C)c1. The van der Waals surface area contributed by atoms with Gasteiger partial charge in [0.2, 0.25) is 0 Å². The Labute approximate surface area is 117 Å². The Hall–Kier alpha value is -1.92. The lowest BCUT2D eigenvalue weighted by atomic mass is 10.1.